The van der Waals surface area contributed by atoms with Gasteiger partial charge in [-0.1, -0.05) is 42.5 Å². The summed E-state index contributed by atoms with van der Waals surface area (Å²) >= 11 is 0. The molecule has 1 amide bonds. The van der Waals surface area contributed by atoms with Gasteiger partial charge >= 0.3 is 0 Å². The monoisotopic (exact) mass is 335 g/mol. The zero-order chi connectivity index (χ0) is 17.2. The van der Waals surface area contributed by atoms with Crippen LogP contribution in [0.1, 0.15) is 16.1 Å². The van der Waals surface area contributed by atoms with E-state index >= 15 is 0 Å². The van der Waals surface area contributed by atoms with Crippen LogP contribution in [0.25, 0.3) is 10.8 Å². The van der Waals surface area contributed by atoms with Crippen molar-refractivity contribution in [2.75, 3.05) is 26.2 Å². The number of rotatable bonds is 3. The molecule has 128 valence electrons. The Kier molecular flexibility index (Phi) is 4.24. The highest BCUT2D eigenvalue weighted by atomic mass is 16.2. The number of amides is 1. The zero-order valence-electron chi connectivity index (χ0n) is 14.5. The molecule has 1 aliphatic heterocycles. The molecule has 0 saturated carbocycles. The van der Waals surface area contributed by atoms with Gasteiger partial charge in [-0.25, -0.2) is 0 Å². The second-order valence-electron chi connectivity index (χ2n) is 6.70. The second kappa shape index (κ2) is 6.69. The molecule has 3 aromatic rings. The lowest BCUT2D eigenvalue weighted by Crippen LogP contribution is -3.13. The van der Waals surface area contributed by atoms with Gasteiger partial charge in [0, 0.05) is 18.8 Å². The van der Waals surface area contributed by atoms with Gasteiger partial charge in [0.25, 0.3) is 5.91 Å². The Morgan fingerprint density at radius 3 is 2.60 bits per heavy atom. The standard InChI is InChI=1S/C20H22N4O/c1-22-19(9-10-21-22)20(25)24-13-11-23(12-14-24)15-17-7-4-6-16-5-2-3-8-18(16)17/h2-10H,11-15H2,1H3/p+1. The zero-order valence-corrected chi connectivity index (χ0v) is 14.5. The molecule has 5 nitrogen and oxygen atoms in total. The summed E-state index contributed by atoms with van der Waals surface area (Å²) in [6, 6.07) is 16.9. The van der Waals surface area contributed by atoms with Crippen molar-refractivity contribution in [3.05, 3.63) is 66.0 Å². The van der Waals surface area contributed by atoms with Crippen LogP contribution in [0.4, 0.5) is 0 Å². The Morgan fingerprint density at radius 1 is 1.08 bits per heavy atom. The lowest BCUT2D eigenvalue weighted by Gasteiger charge is -2.32. The van der Waals surface area contributed by atoms with Crippen molar-refractivity contribution in [1.29, 1.82) is 0 Å². The molecule has 0 aliphatic carbocycles. The Balaban J connectivity index is 1.42. The van der Waals surface area contributed by atoms with E-state index in [9.17, 15) is 4.79 Å². The lowest BCUT2D eigenvalue weighted by molar-refractivity contribution is -0.917. The van der Waals surface area contributed by atoms with Crippen LogP contribution in [0, 0.1) is 0 Å². The number of fused-ring (bicyclic) bond motifs is 1. The third kappa shape index (κ3) is 3.15. The molecule has 1 saturated heterocycles. The fraction of sp³-hybridized carbons (Fsp3) is 0.300. The summed E-state index contributed by atoms with van der Waals surface area (Å²) < 4.78 is 1.65. The van der Waals surface area contributed by atoms with Crippen LogP contribution < -0.4 is 4.90 Å². The maximum absolute atomic E-state index is 12.6. The third-order valence-corrected chi connectivity index (χ3v) is 5.12. The maximum atomic E-state index is 12.6. The van der Waals surface area contributed by atoms with E-state index < -0.39 is 0 Å². The Hall–Kier alpha value is -2.66. The molecule has 4 rings (SSSR count). The predicted molar refractivity (Wildman–Crippen MR) is 97.5 cm³/mol. The normalized spacial score (nSPS) is 15.6. The van der Waals surface area contributed by atoms with E-state index in [-0.39, 0.29) is 5.91 Å². The highest BCUT2D eigenvalue weighted by Gasteiger charge is 2.26. The minimum atomic E-state index is 0.0872. The summed E-state index contributed by atoms with van der Waals surface area (Å²) in [7, 11) is 1.81. The molecule has 0 atom stereocenters. The number of quaternary nitrogens is 1. The highest BCUT2D eigenvalue weighted by molar-refractivity contribution is 5.92. The molecule has 25 heavy (non-hydrogen) atoms. The summed E-state index contributed by atoms with van der Waals surface area (Å²) in [5.74, 6) is 0.0872. The first-order valence-electron chi connectivity index (χ1n) is 8.80. The number of carbonyl (C=O) groups excluding carboxylic acids is 1. The number of carbonyl (C=O) groups is 1. The van der Waals surface area contributed by atoms with Crippen LogP contribution in [0.5, 0.6) is 0 Å². The number of aromatic nitrogens is 2. The fourth-order valence-electron chi connectivity index (χ4n) is 3.66. The van der Waals surface area contributed by atoms with Crippen molar-refractivity contribution >= 4 is 16.7 Å². The van der Waals surface area contributed by atoms with E-state index in [0.29, 0.717) is 5.69 Å². The summed E-state index contributed by atoms with van der Waals surface area (Å²) in [6.45, 7) is 4.56. The number of hydrogen-bond donors (Lipinski definition) is 1. The molecule has 1 fully saturated rings. The number of piperazine rings is 1. The van der Waals surface area contributed by atoms with Gasteiger partial charge in [0.15, 0.2) is 0 Å². The van der Waals surface area contributed by atoms with E-state index in [2.05, 4.69) is 47.6 Å². The van der Waals surface area contributed by atoms with Crippen molar-refractivity contribution in [3.63, 3.8) is 0 Å². The SMILES string of the molecule is Cn1nccc1C(=O)N1CC[NH+](Cc2cccc3ccccc23)CC1. The predicted octanol–water partition coefficient (Wildman–Crippen LogP) is 1.11. The molecule has 1 aromatic heterocycles. The first kappa shape index (κ1) is 15.8. The van der Waals surface area contributed by atoms with Crippen LogP contribution in [-0.2, 0) is 13.6 Å². The minimum absolute atomic E-state index is 0.0872. The lowest BCUT2D eigenvalue weighted by atomic mass is 10.0. The third-order valence-electron chi connectivity index (χ3n) is 5.12. The van der Waals surface area contributed by atoms with E-state index in [1.807, 2.05) is 11.9 Å². The molecule has 0 bridgehead atoms. The topological polar surface area (TPSA) is 42.6 Å². The van der Waals surface area contributed by atoms with Crippen LogP contribution in [0.15, 0.2) is 54.7 Å². The van der Waals surface area contributed by atoms with E-state index in [4.69, 9.17) is 0 Å². The van der Waals surface area contributed by atoms with Crippen LogP contribution in [0.2, 0.25) is 0 Å². The second-order valence-corrected chi connectivity index (χ2v) is 6.70. The Morgan fingerprint density at radius 2 is 1.84 bits per heavy atom. The molecular formula is C20H23N4O+. The number of nitrogens with one attached hydrogen (secondary N) is 1. The molecule has 0 unspecified atom stereocenters. The van der Waals surface area contributed by atoms with Gasteiger partial charge in [0.2, 0.25) is 0 Å². The van der Waals surface area contributed by atoms with Crippen LogP contribution in [0.3, 0.4) is 0 Å². The number of hydrogen-bond acceptors (Lipinski definition) is 2. The molecule has 0 spiro atoms. The van der Waals surface area contributed by atoms with Gasteiger partial charge in [0.05, 0.1) is 26.2 Å². The van der Waals surface area contributed by atoms with Gasteiger partial charge in [-0.05, 0) is 16.8 Å². The summed E-state index contributed by atoms with van der Waals surface area (Å²) in [4.78, 5) is 16.1. The molecule has 1 aliphatic rings. The fourth-order valence-corrected chi connectivity index (χ4v) is 3.66. The van der Waals surface area contributed by atoms with Crippen LogP contribution in [-0.4, -0.2) is 46.8 Å². The molecule has 5 heteroatoms. The van der Waals surface area contributed by atoms with Gasteiger partial charge in [-0.3, -0.25) is 9.48 Å². The van der Waals surface area contributed by atoms with Gasteiger partial charge in [0.1, 0.15) is 12.2 Å². The Labute approximate surface area is 147 Å². The number of aryl methyl sites for hydroxylation is 1. The van der Waals surface area contributed by atoms with E-state index in [1.54, 1.807) is 16.9 Å². The van der Waals surface area contributed by atoms with Crippen molar-refractivity contribution in [3.8, 4) is 0 Å². The smallest absolute Gasteiger partial charge is 0.272 e. The average molecular weight is 335 g/mol. The number of nitrogens with zero attached hydrogens (tertiary/aromatic N) is 3. The van der Waals surface area contributed by atoms with Gasteiger partial charge in [-0.2, -0.15) is 5.10 Å². The van der Waals surface area contributed by atoms with E-state index in [0.717, 1.165) is 32.7 Å². The highest BCUT2D eigenvalue weighted by Crippen LogP contribution is 2.17. The summed E-state index contributed by atoms with van der Waals surface area (Å²) in [6.07, 6.45) is 1.68. The largest absolute Gasteiger partial charge is 0.328 e. The van der Waals surface area contributed by atoms with Gasteiger partial charge < -0.3 is 9.80 Å². The van der Waals surface area contributed by atoms with Crippen molar-refractivity contribution in [2.45, 2.75) is 6.54 Å². The quantitative estimate of drug-likeness (QED) is 0.779. The average Bonchev–Trinajstić information content (AvgIpc) is 3.08. The van der Waals surface area contributed by atoms with E-state index in [1.165, 1.54) is 21.2 Å². The minimum Gasteiger partial charge on any atom is -0.328 e. The Bertz CT molecular complexity index is 888. The van der Waals surface area contributed by atoms with Crippen molar-refractivity contribution in [2.24, 2.45) is 7.05 Å². The molecule has 0 radical (unpaired) electrons. The number of benzene rings is 2. The van der Waals surface area contributed by atoms with Gasteiger partial charge in [-0.15, -0.1) is 0 Å². The molecule has 2 aromatic carbocycles. The molecule has 1 N–H and O–H groups in total. The molecular weight excluding hydrogens is 312 g/mol. The summed E-state index contributed by atoms with van der Waals surface area (Å²) in [5.41, 5.74) is 2.05. The first-order chi connectivity index (χ1) is 12.2. The van der Waals surface area contributed by atoms with Crippen LogP contribution >= 0.6 is 0 Å². The van der Waals surface area contributed by atoms with Crippen molar-refractivity contribution < 1.29 is 9.69 Å². The summed E-state index contributed by atoms with van der Waals surface area (Å²) in [5, 5.41) is 6.73. The van der Waals surface area contributed by atoms with Crippen molar-refractivity contribution in [1.82, 2.24) is 14.7 Å². The first-order valence-corrected chi connectivity index (χ1v) is 8.80. The maximum Gasteiger partial charge on any atom is 0.272 e. The molecule has 2 heterocycles.